The molecule has 0 aliphatic heterocycles. The molecule has 0 spiro atoms. The zero-order chi connectivity index (χ0) is 19.8. The fourth-order valence-electron chi connectivity index (χ4n) is 2.66. The maximum Gasteiger partial charge on any atom is 0.417 e. The molecule has 3 rings (SSSR count). The molecule has 0 radical (unpaired) electrons. The van der Waals surface area contributed by atoms with Crippen LogP contribution < -0.4 is 14.8 Å². The molecule has 1 heterocycles. The van der Waals surface area contributed by atoms with Crippen molar-refractivity contribution in [1.29, 1.82) is 0 Å². The molecular formula is C18H14ClF3N2O3. The SMILES string of the molecule is COc1cc2[nH]cc(C(=O)Nc3ccc(Cl)c(C(F)(F)F)c3)c2cc1OC. The summed E-state index contributed by atoms with van der Waals surface area (Å²) in [6.45, 7) is 0. The van der Waals surface area contributed by atoms with Crippen molar-refractivity contribution in [3.63, 3.8) is 0 Å². The first-order chi connectivity index (χ1) is 12.7. The number of halogens is 4. The zero-order valence-corrected chi connectivity index (χ0v) is 15.0. The van der Waals surface area contributed by atoms with Gasteiger partial charge >= 0.3 is 6.18 Å². The average Bonchev–Trinajstić information content (AvgIpc) is 3.03. The van der Waals surface area contributed by atoms with E-state index in [1.54, 1.807) is 12.1 Å². The Balaban J connectivity index is 1.95. The first-order valence-electron chi connectivity index (χ1n) is 7.65. The van der Waals surface area contributed by atoms with E-state index in [-0.39, 0.29) is 11.3 Å². The van der Waals surface area contributed by atoms with Crippen LogP contribution >= 0.6 is 11.6 Å². The van der Waals surface area contributed by atoms with Gasteiger partial charge in [0, 0.05) is 23.3 Å². The van der Waals surface area contributed by atoms with Crippen LogP contribution in [0.15, 0.2) is 36.5 Å². The van der Waals surface area contributed by atoms with Crippen LogP contribution in [-0.4, -0.2) is 25.1 Å². The maximum atomic E-state index is 13.0. The minimum Gasteiger partial charge on any atom is -0.493 e. The van der Waals surface area contributed by atoms with Crippen molar-refractivity contribution in [2.24, 2.45) is 0 Å². The fourth-order valence-corrected chi connectivity index (χ4v) is 2.88. The predicted molar refractivity (Wildman–Crippen MR) is 95.8 cm³/mol. The minimum absolute atomic E-state index is 0.0217. The summed E-state index contributed by atoms with van der Waals surface area (Å²) in [7, 11) is 2.95. The van der Waals surface area contributed by atoms with Crippen LogP contribution in [-0.2, 0) is 6.18 Å². The third-order valence-electron chi connectivity index (χ3n) is 3.96. The zero-order valence-electron chi connectivity index (χ0n) is 14.2. The van der Waals surface area contributed by atoms with E-state index < -0.39 is 22.7 Å². The number of H-pyrrole nitrogens is 1. The first-order valence-corrected chi connectivity index (χ1v) is 8.03. The fraction of sp³-hybridized carbons (Fsp3) is 0.167. The quantitative estimate of drug-likeness (QED) is 0.642. The Morgan fingerprint density at radius 2 is 1.78 bits per heavy atom. The third kappa shape index (κ3) is 3.66. The Morgan fingerprint density at radius 3 is 2.41 bits per heavy atom. The van der Waals surface area contributed by atoms with Gasteiger partial charge in [0.05, 0.1) is 35.9 Å². The number of aromatic nitrogens is 1. The normalized spacial score (nSPS) is 11.5. The van der Waals surface area contributed by atoms with Gasteiger partial charge < -0.3 is 19.8 Å². The summed E-state index contributed by atoms with van der Waals surface area (Å²) in [5.74, 6) is 0.319. The number of benzene rings is 2. The summed E-state index contributed by atoms with van der Waals surface area (Å²) in [6.07, 6.45) is -3.16. The van der Waals surface area contributed by atoms with E-state index in [1.165, 1.54) is 26.5 Å². The molecule has 2 N–H and O–H groups in total. The highest BCUT2D eigenvalue weighted by Crippen LogP contribution is 2.37. The molecular weight excluding hydrogens is 385 g/mol. The summed E-state index contributed by atoms with van der Waals surface area (Å²) in [6, 6.07) is 6.45. The average molecular weight is 399 g/mol. The topological polar surface area (TPSA) is 63.4 Å². The maximum absolute atomic E-state index is 13.0. The largest absolute Gasteiger partial charge is 0.493 e. The van der Waals surface area contributed by atoms with Gasteiger partial charge in [0.2, 0.25) is 0 Å². The van der Waals surface area contributed by atoms with Crippen molar-refractivity contribution in [2.75, 3.05) is 19.5 Å². The second-order valence-electron chi connectivity index (χ2n) is 5.60. The van der Waals surface area contributed by atoms with Crippen molar-refractivity contribution in [3.05, 3.63) is 52.7 Å². The number of amides is 1. The first kappa shape index (κ1) is 18.9. The molecule has 0 unspecified atom stereocenters. The lowest BCUT2D eigenvalue weighted by Gasteiger charge is -2.12. The lowest BCUT2D eigenvalue weighted by atomic mass is 10.1. The standard InChI is InChI=1S/C18H14ClF3N2O3/c1-26-15-6-10-11(8-23-14(10)7-16(15)27-2)17(25)24-9-3-4-13(19)12(5-9)18(20,21)22/h3-8,23H,1-2H3,(H,24,25). The van der Waals surface area contributed by atoms with Crippen molar-refractivity contribution < 1.29 is 27.4 Å². The smallest absolute Gasteiger partial charge is 0.417 e. The van der Waals surface area contributed by atoms with Crippen LogP contribution in [0, 0.1) is 0 Å². The Bertz CT molecular complexity index is 1010. The summed E-state index contributed by atoms with van der Waals surface area (Å²) < 4.78 is 49.3. The number of aromatic amines is 1. The number of hydrogen-bond donors (Lipinski definition) is 2. The molecule has 0 fully saturated rings. The second-order valence-corrected chi connectivity index (χ2v) is 6.01. The van der Waals surface area contributed by atoms with Crippen LogP contribution in [0.25, 0.3) is 10.9 Å². The molecule has 0 atom stereocenters. The van der Waals surface area contributed by atoms with E-state index in [9.17, 15) is 18.0 Å². The van der Waals surface area contributed by atoms with Crippen LogP contribution in [0.5, 0.6) is 11.5 Å². The molecule has 0 bridgehead atoms. The van der Waals surface area contributed by atoms with Gasteiger partial charge in [-0.1, -0.05) is 11.6 Å². The molecule has 0 aliphatic carbocycles. The number of fused-ring (bicyclic) bond motifs is 1. The number of carbonyl (C=O) groups excluding carboxylic acids is 1. The van der Waals surface area contributed by atoms with Gasteiger partial charge in [0.1, 0.15) is 0 Å². The number of ether oxygens (including phenoxy) is 2. The van der Waals surface area contributed by atoms with E-state index in [0.717, 1.165) is 12.1 Å². The van der Waals surface area contributed by atoms with Crippen molar-refractivity contribution in [2.45, 2.75) is 6.18 Å². The number of nitrogens with one attached hydrogen (secondary N) is 2. The highest BCUT2D eigenvalue weighted by atomic mass is 35.5. The molecule has 142 valence electrons. The van der Waals surface area contributed by atoms with E-state index in [4.69, 9.17) is 21.1 Å². The van der Waals surface area contributed by atoms with E-state index in [1.807, 2.05) is 0 Å². The molecule has 27 heavy (non-hydrogen) atoms. The summed E-state index contributed by atoms with van der Waals surface area (Å²) in [5, 5.41) is 2.55. The van der Waals surface area contributed by atoms with Gasteiger partial charge in [0.25, 0.3) is 5.91 Å². The molecule has 0 aliphatic rings. The molecule has 2 aromatic carbocycles. The van der Waals surface area contributed by atoms with E-state index in [2.05, 4.69) is 10.3 Å². The number of rotatable bonds is 4. The molecule has 9 heteroatoms. The van der Waals surface area contributed by atoms with Crippen molar-refractivity contribution in [3.8, 4) is 11.5 Å². The van der Waals surface area contributed by atoms with Gasteiger partial charge in [-0.15, -0.1) is 0 Å². The summed E-state index contributed by atoms with van der Waals surface area (Å²) in [4.78, 5) is 15.5. The van der Waals surface area contributed by atoms with E-state index >= 15 is 0 Å². The molecule has 0 saturated carbocycles. The van der Waals surface area contributed by atoms with Crippen molar-refractivity contribution >= 4 is 34.1 Å². The highest BCUT2D eigenvalue weighted by Gasteiger charge is 2.33. The number of methoxy groups -OCH3 is 2. The van der Waals surface area contributed by atoms with Crippen molar-refractivity contribution in [1.82, 2.24) is 4.98 Å². The summed E-state index contributed by atoms with van der Waals surface area (Å²) >= 11 is 5.59. The van der Waals surface area contributed by atoms with Crippen LogP contribution in [0.4, 0.5) is 18.9 Å². The number of hydrogen-bond acceptors (Lipinski definition) is 3. The predicted octanol–water partition coefficient (Wildman–Crippen LogP) is 5.11. The molecule has 5 nitrogen and oxygen atoms in total. The molecule has 1 amide bonds. The van der Waals surface area contributed by atoms with Gasteiger partial charge in [-0.2, -0.15) is 13.2 Å². The monoisotopic (exact) mass is 398 g/mol. The Hall–Kier alpha value is -2.87. The second kappa shape index (κ2) is 7.03. The number of alkyl halides is 3. The molecule has 1 aromatic heterocycles. The Kier molecular flexibility index (Phi) is 4.93. The Morgan fingerprint density at radius 1 is 1.11 bits per heavy atom. The van der Waals surface area contributed by atoms with E-state index in [0.29, 0.717) is 22.4 Å². The number of anilines is 1. The highest BCUT2D eigenvalue weighted by molar-refractivity contribution is 6.31. The van der Waals surface area contributed by atoms with Gasteiger partial charge in [0.15, 0.2) is 11.5 Å². The Labute approximate surface area is 157 Å². The summed E-state index contributed by atoms with van der Waals surface area (Å²) in [5.41, 5.74) is -0.182. The number of carbonyl (C=O) groups is 1. The van der Waals surface area contributed by atoms with Crippen LogP contribution in [0.1, 0.15) is 15.9 Å². The molecule has 0 saturated heterocycles. The molecule has 3 aromatic rings. The third-order valence-corrected chi connectivity index (χ3v) is 4.29. The van der Waals surface area contributed by atoms with Gasteiger partial charge in [-0.3, -0.25) is 4.79 Å². The van der Waals surface area contributed by atoms with Crippen LogP contribution in [0.2, 0.25) is 5.02 Å². The minimum atomic E-state index is -4.62. The lowest BCUT2D eigenvalue weighted by Crippen LogP contribution is -2.13. The van der Waals surface area contributed by atoms with Gasteiger partial charge in [-0.05, 0) is 24.3 Å². The van der Waals surface area contributed by atoms with Crippen LogP contribution in [0.3, 0.4) is 0 Å². The van der Waals surface area contributed by atoms with Gasteiger partial charge in [-0.25, -0.2) is 0 Å². The lowest BCUT2D eigenvalue weighted by molar-refractivity contribution is -0.137.